The lowest BCUT2D eigenvalue weighted by molar-refractivity contribution is -0.138. The van der Waals surface area contributed by atoms with Crippen LogP contribution in [0.25, 0.3) is 0 Å². The molecule has 1 amide bonds. The second-order valence-corrected chi connectivity index (χ2v) is 12.1. The Labute approximate surface area is 225 Å². The van der Waals surface area contributed by atoms with Gasteiger partial charge in [0.1, 0.15) is 0 Å². The van der Waals surface area contributed by atoms with Gasteiger partial charge in [-0.2, -0.15) is 13.2 Å². The van der Waals surface area contributed by atoms with Crippen LogP contribution in [0, 0.1) is 12.8 Å². The van der Waals surface area contributed by atoms with Gasteiger partial charge in [-0.15, -0.1) is 0 Å². The van der Waals surface area contributed by atoms with Crippen molar-refractivity contribution in [2.75, 3.05) is 36.4 Å². The van der Waals surface area contributed by atoms with Crippen LogP contribution >= 0.6 is 0 Å². The first-order valence-electron chi connectivity index (χ1n) is 14.0. The highest BCUT2D eigenvalue weighted by Gasteiger charge is 2.33. The van der Waals surface area contributed by atoms with Gasteiger partial charge in [-0.05, 0) is 85.8 Å². The molecule has 2 aromatic rings. The van der Waals surface area contributed by atoms with Gasteiger partial charge in [0.25, 0.3) is 0 Å². The van der Waals surface area contributed by atoms with Crippen LogP contribution in [0.2, 0.25) is 0 Å². The fourth-order valence-electron chi connectivity index (χ4n) is 5.66. The number of halogens is 3. The Kier molecular flexibility index (Phi) is 8.63. The number of aryl methyl sites for hydroxylation is 1. The van der Waals surface area contributed by atoms with Crippen LogP contribution < -0.4 is 10.2 Å². The summed E-state index contributed by atoms with van der Waals surface area (Å²) in [5.74, 6) is 0.783. The first-order chi connectivity index (χ1) is 17.9. The molecule has 2 aliphatic heterocycles. The van der Waals surface area contributed by atoms with Crippen molar-refractivity contribution < 1.29 is 18.0 Å². The predicted octanol–water partition coefficient (Wildman–Crippen LogP) is 7.41. The number of hydrogen-bond acceptors (Lipinski definition) is 3. The smallest absolute Gasteiger partial charge is 0.382 e. The molecule has 2 fully saturated rings. The van der Waals surface area contributed by atoms with E-state index in [4.69, 9.17) is 0 Å². The van der Waals surface area contributed by atoms with Crippen molar-refractivity contribution in [2.45, 2.75) is 83.9 Å². The first-order valence-corrected chi connectivity index (χ1v) is 14.0. The molecule has 0 radical (unpaired) electrons. The Hall–Kier alpha value is -2.70. The Balaban J connectivity index is 1.17. The molecule has 0 atom stereocenters. The van der Waals surface area contributed by atoms with Gasteiger partial charge in [-0.25, -0.2) is 0 Å². The van der Waals surface area contributed by atoms with Crippen molar-refractivity contribution in [3.8, 4) is 0 Å². The molecule has 4 rings (SSSR count). The molecule has 1 N–H and O–H groups in total. The Morgan fingerprint density at radius 1 is 0.921 bits per heavy atom. The average Bonchev–Trinajstić information content (AvgIpc) is 2.88. The molecule has 4 nitrogen and oxygen atoms in total. The summed E-state index contributed by atoms with van der Waals surface area (Å²) in [5.41, 5.74) is 2.91. The first kappa shape index (κ1) is 28.3. The fourth-order valence-corrected chi connectivity index (χ4v) is 5.66. The van der Waals surface area contributed by atoms with E-state index in [9.17, 15) is 18.0 Å². The van der Waals surface area contributed by atoms with E-state index in [1.807, 2.05) is 4.90 Å². The van der Waals surface area contributed by atoms with Gasteiger partial charge >= 0.3 is 6.18 Å². The van der Waals surface area contributed by atoms with Gasteiger partial charge in [0.05, 0.1) is 5.56 Å². The van der Waals surface area contributed by atoms with Crippen LogP contribution in [-0.2, 0) is 16.4 Å². The highest BCUT2D eigenvalue weighted by molar-refractivity contribution is 5.76. The third-order valence-electron chi connectivity index (χ3n) is 8.24. The van der Waals surface area contributed by atoms with E-state index in [1.165, 1.54) is 30.3 Å². The lowest BCUT2D eigenvalue weighted by Gasteiger charge is -2.35. The normalized spacial score (nSPS) is 18.1. The standard InChI is InChI=1S/C31H42F3N3O/c1-22-5-9-26(21-28(22)31(32,33)34)35-25-15-19-37(20-16-25)29(38)12-6-23-13-17-36(18-14-23)27-10-7-24(8-11-27)30(2,3)4/h5,7-11,21,23,25,35H,6,12-20H2,1-4H3. The zero-order valence-corrected chi connectivity index (χ0v) is 23.2. The Bertz CT molecular complexity index is 1080. The molecule has 0 aliphatic carbocycles. The average molecular weight is 530 g/mol. The van der Waals surface area contributed by atoms with Crippen molar-refractivity contribution in [1.29, 1.82) is 0 Å². The lowest BCUT2D eigenvalue weighted by atomic mass is 9.87. The summed E-state index contributed by atoms with van der Waals surface area (Å²) in [4.78, 5) is 17.3. The number of carbonyl (C=O) groups is 1. The van der Waals surface area contributed by atoms with Gasteiger partial charge in [-0.3, -0.25) is 4.79 Å². The maximum atomic E-state index is 13.2. The number of rotatable bonds is 6. The van der Waals surface area contributed by atoms with E-state index < -0.39 is 11.7 Å². The van der Waals surface area contributed by atoms with E-state index in [-0.39, 0.29) is 22.9 Å². The summed E-state index contributed by atoms with van der Waals surface area (Å²) in [6, 6.07) is 13.4. The SMILES string of the molecule is Cc1ccc(NC2CCN(C(=O)CCC3CCN(c4ccc(C(C)(C)C)cc4)CC3)CC2)cc1C(F)(F)F. The number of piperidine rings is 2. The maximum absolute atomic E-state index is 13.2. The number of amides is 1. The number of anilines is 2. The van der Waals surface area contributed by atoms with Gasteiger partial charge < -0.3 is 15.1 Å². The van der Waals surface area contributed by atoms with E-state index in [1.54, 1.807) is 6.07 Å². The number of benzene rings is 2. The summed E-state index contributed by atoms with van der Waals surface area (Å²) in [5, 5.41) is 3.25. The zero-order valence-electron chi connectivity index (χ0n) is 23.2. The highest BCUT2D eigenvalue weighted by Crippen LogP contribution is 2.34. The zero-order chi connectivity index (χ0) is 27.5. The Morgan fingerprint density at radius 2 is 1.55 bits per heavy atom. The molecule has 7 heteroatoms. The minimum absolute atomic E-state index is 0.0737. The monoisotopic (exact) mass is 529 g/mol. The molecular formula is C31H42F3N3O. The number of likely N-dealkylation sites (tertiary alicyclic amines) is 1. The third-order valence-corrected chi connectivity index (χ3v) is 8.24. The summed E-state index contributed by atoms with van der Waals surface area (Å²) < 4.78 is 39.7. The molecule has 2 saturated heterocycles. The molecule has 0 unspecified atom stereocenters. The van der Waals surface area contributed by atoms with Crippen LogP contribution in [0.5, 0.6) is 0 Å². The van der Waals surface area contributed by atoms with Crippen LogP contribution in [0.15, 0.2) is 42.5 Å². The van der Waals surface area contributed by atoms with Crippen LogP contribution in [0.4, 0.5) is 24.5 Å². The second-order valence-electron chi connectivity index (χ2n) is 12.1. The molecule has 2 aromatic carbocycles. The topological polar surface area (TPSA) is 35.6 Å². The van der Waals surface area contributed by atoms with Crippen molar-refractivity contribution in [3.63, 3.8) is 0 Å². The minimum atomic E-state index is -4.36. The number of nitrogens with one attached hydrogen (secondary N) is 1. The molecule has 38 heavy (non-hydrogen) atoms. The number of carbonyl (C=O) groups excluding carboxylic acids is 1. The summed E-state index contributed by atoms with van der Waals surface area (Å²) >= 11 is 0. The Morgan fingerprint density at radius 3 is 2.13 bits per heavy atom. The fraction of sp³-hybridized carbons (Fsp3) is 0.581. The molecule has 0 spiro atoms. The van der Waals surface area contributed by atoms with Crippen LogP contribution in [0.1, 0.15) is 76.0 Å². The van der Waals surface area contributed by atoms with Crippen molar-refractivity contribution >= 4 is 17.3 Å². The maximum Gasteiger partial charge on any atom is 0.416 e. The van der Waals surface area contributed by atoms with E-state index in [0.29, 0.717) is 31.1 Å². The van der Waals surface area contributed by atoms with E-state index >= 15 is 0 Å². The molecule has 0 aromatic heterocycles. The molecule has 2 aliphatic rings. The van der Waals surface area contributed by atoms with Gasteiger partial charge in [0.2, 0.25) is 5.91 Å². The quantitative estimate of drug-likeness (QED) is 0.423. The third kappa shape index (κ3) is 7.23. The van der Waals surface area contributed by atoms with E-state index in [2.05, 4.69) is 55.3 Å². The summed E-state index contributed by atoms with van der Waals surface area (Å²) in [7, 11) is 0. The largest absolute Gasteiger partial charge is 0.416 e. The predicted molar refractivity (Wildman–Crippen MR) is 149 cm³/mol. The highest BCUT2D eigenvalue weighted by atomic mass is 19.4. The van der Waals surface area contributed by atoms with Crippen molar-refractivity contribution in [2.24, 2.45) is 5.92 Å². The minimum Gasteiger partial charge on any atom is -0.382 e. The molecule has 208 valence electrons. The number of alkyl halides is 3. The van der Waals surface area contributed by atoms with Crippen molar-refractivity contribution in [1.82, 2.24) is 4.90 Å². The summed E-state index contributed by atoms with van der Waals surface area (Å²) in [6.45, 7) is 11.5. The van der Waals surface area contributed by atoms with E-state index in [0.717, 1.165) is 45.2 Å². The second kappa shape index (κ2) is 11.6. The summed E-state index contributed by atoms with van der Waals surface area (Å²) in [6.07, 6.45) is 0.855. The molecule has 2 heterocycles. The molecular weight excluding hydrogens is 487 g/mol. The molecule has 0 saturated carbocycles. The number of nitrogens with zero attached hydrogens (tertiary/aromatic N) is 2. The van der Waals surface area contributed by atoms with Crippen molar-refractivity contribution in [3.05, 3.63) is 59.2 Å². The van der Waals surface area contributed by atoms with Gasteiger partial charge in [0.15, 0.2) is 0 Å². The lowest BCUT2D eigenvalue weighted by Crippen LogP contribution is -2.42. The van der Waals surface area contributed by atoms with Crippen LogP contribution in [0.3, 0.4) is 0 Å². The molecule has 0 bridgehead atoms. The number of hydrogen-bond donors (Lipinski definition) is 1. The van der Waals surface area contributed by atoms with Gasteiger partial charge in [-0.1, -0.05) is 39.0 Å². The van der Waals surface area contributed by atoms with Gasteiger partial charge in [0, 0.05) is 50.0 Å². The van der Waals surface area contributed by atoms with Crippen LogP contribution in [-0.4, -0.2) is 43.0 Å².